The highest BCUT2D eigenvalue weighted by Crippen LogP contribution is 2.22. The maximum absolute atomic E-state index is 5.73. The van der Waals surface area contributed by atoms with Gasteiger partial charge in [-0.1, -0.05) is 6.92 Å². The molecule has 0 bridgehead atoms. The van der Waals surface area contributed by atoms with Crippen molar-refractivity contribution >= 4 is 5.82 Å². The molecule has 1 aromatic heterocycles. The van der Waals surface area contributed by atoms with Crippen LogP contribution >= 0.6 is 0 Å². The minimum absolute atomic E-state index is 0.280. The number of ether oxygens (including phenoxy) is 1. The Bertz CT molecular complexity index is 383. The molecular weight excluding hydrogens is 226 g/mol. The van der Waals surface area contributed by atoms with Crippen molar-refractivity contribution in [1.82, 2.24) is 10.3 Å². The first kappa shape index (κ1) is 13.3. The maximum atomic E-state index is 5.73. The molecule has 1 aliphatic rings. The van der Waals surface area contributed by atoms with E-state index in [1.165, 1.54) is 5.56 Å². The quantitative estimate of drug-likeness (QED) is 0.883. The van der Waals surface area contributed by atoms with Crippen LogP contribution in [-0.2, 0) is 11.3 Å². The topological polar surface area (TPSA) is 37.4 Å². The van der Waals surface area contributed by atoms with Crippen LogP contribution in [0, 0.1) is 0 Å². The van der Waals surface area contributed by atoms with Gasteiger partial charge in [-0.3, -0.25) is 0 Å². The molecule has 0 radical (unpaired) electrons. The summed E-state index contributed by atoms with van der Waals surface area (Å²) < 4.78 is 5.73. The third-order valence-electron chi connectivity index (χ3n) is 3.42. The molecule has 2 unspecified atom stereocenters. The van der Waals surface area contributed by atoms with Gasteiger partial charge in [0.05, 0.1) is 18.8 Å². The lowest BCUT2D eigenvalue weighted by Crippen LogP contribution is -2.49. The van der Waals surface area contributed by atoms with Gasteiger partial charge in [-0.05, 0) is 38.1 Å². The van der Waals surface area contributed by atoms with Crippen molar-refractivity contribution in [1.29, 1.82) is 0 Å². The number of rotatable bonds is 4. The summed E-state index contributed by atoms with van der Waals surface area (Å²) in [7, 11) is 1.96. The Balaban J connectivity index is 2.19. The number of morpholine rings is 1. The largest absolute Gasteiger partial charge is 0.375 e. The van der Waals surface area contributed by atoms with E-state index in [1.807, 2.05) is 13.2 Å². The molecule has 0 spiro atoms. The van der Waals surface area contributed by atoms with Crippen LogP contribution in [0.3, 0.4) is 0 Å². The van der Waals surface area contributed by atoms with Gasteiger partial charge < -0.3 is 15.0 Å². The standard InChI is InChI=1S/C14H23N3O/c1-4-13-10-18-11(2)9-17(13)14-7-12(8-15-3)5-6-16-14/h5-7,11,13,15H,4,8-10H2,1-3H3. The van der Waals surface area contributed by atoms with E-state index in [0.29, 0.717) is 6.04 Å². The summed E-state index contributed by atoms with van der Waals surface area (Å²) in [5, 5.41) is 3.18. The van der Waals surface area contributed by atoms with Crippen LogP contribution in [0.2, 0.25) is 0 Å². The van der Waals surface area contributed by atoms with E-state index < -0.39 is 0 Å². The van der Waals surface area contributed by atoms with Crippen LogP contribution in [0.5, 0.6) is 0 Å². The van der Waals surface area contributed by atoms with Crippen LogP contribution in [0.15, 0.2) is 18.3 Å². The Kier molecular flexibility index (Phi) is 4.55. The van der Waals surface area contributed by atoms with Crippen LogP contribution in [-0.4, -0.2) is 37.3 Å². The number of nitrogens with one attached hydrogen (secondary N) is 1. The van der Waals surface area contributed by atoms with E-state index in [-0.39, 0.29) is 6.10 Å². The Hall–Kier alpha value is -1.13. The number of anilines is 1. The molecule has 0 aliphatic carbocycles. The van der Waals surface area contributed by atoms with Crippen LogP contribution in [0.25, 0.3) is 0 Å². The maximum Gasteiger partial charge on any atom is 0.129 e. The minimum atomic E-state index is 0.280. The fourth-order valence-electron chi connectivity index (χ4n) is 2.39. The molecule has 2 heterocycles. The molecule has 2 rings (SSSR count). The molecule has 2 atom stereocenters. The van der Waals surface area contributed by atoms with Crippen molar-refractivity contribution in [3.8, 4) is 0 Å². The molecule has 1 fully saturated rings. The molecule has 1 aromatic rings. The SMILES string of the molecule is CCC1COC(C)CN1c1cc(CNC)ccn1. The second kappa shape index (κ2) is 6.16. The fourth-order valence-corrected chi connectivity index (χ4v) is 2.39. The highest BCUT2D eigenvalue weighted by atomic mass is 16.5. The second-order valence-electron chi connectivity index (χ2n) is 4.91. The van der Waals surface area contributed by atoms with Gasteiger partial charge in [0, 0.05) is 19.3 Å². The molecule has 0 saturated carbocycles. The summed E-state index contributed by atoms with van der Waals surface area (Å²) in [5.74, 6) is 1.07. The first-order valence-electron chi connectivity index (χ1n) is 6.72. The van der Waals surface area contributed by atoms with E-state index in [9.17, 15) is 0 Å². The van der Waals surface area contributed by atoms with Gasteiger partial charge in [-0.25, -0.2) is 4.98 Å². The predicted octanol–water partition coefficient (Wildman–Crippen LogP) is 1.80. The number of hydrogen-bond acceptors (Lipinski definition) is 4. The first-order valence-corrected chi connectivity index (χ1v) is 6.72. The number of aromatic nitrogens is 1. The zero-order chi connectivity index (χ0) is 13.0. The van der Waals surface area contributed by atoms with E-state index >= 15 is 0 Å². The summed E-state index contributed by atoms with van der Waals surface area (Å²) in [6, 6.07) is 4.68. The van der Waals surface area contributed by atoms with Crippen molar-refractivity contribution in [3.05, 3.63) is 23.9 Å². The van der Waals surface area contributed by atoms with Gasteiger partial charge >= 0.3 is 0 Å². The highest BCUT2D eigenvalue weighted by molar-refractivity contribution is 5.43. The van der Waals surface area contributed by atoms with Crippen LogP contribution in [0.1, 0.15) is 25.8 Å². The summed E-state index contributed by atoms with van der Waals surface area (Å²) in [4.78, 5) is 6.90. The Morgan fingerprint density at radius 3 is 3.11 bits per heavy atom. The molecule has 0 aromatic carbocycles. The normalized spacial score (nSPS) is 24.3. The lowest BCUT2D eigenvalue weighted by Gasteiger charge is -2.39. The summed E-state index contributed by atoms with van der Waals surface area (Å²) in [6.07, 6.45) is 3.27. The smallest absolute Gasteiger partial charge is 0.129 e. The van der Waals surface area contributed by atoms with Crippen molar-refractivity contribution in [3.63, 3.8) is 0 Å². The lowest BCUT2D eigenvalue weighted by atomic mass is 10.1. The van der Waals surface area contributed by atoms with E-state index in [2.05, 4.69) is 41.2 Å². The average molecular weight is 249 g/mol. The lowest BCUT2D eigenvalue weighted by molar-refractivity contribution is 0.0296. The number of hydrogen-bond donors (Lipinski definition) is 1. The van der Waals surface area contributed by atoms with Crippen LogP contribution in [0.4, 0.5) is 5.82 Å². The number of nitrogens with zero attached hydrogens (tertiary/aromatic N) is 2. The van der Waals surface area contributed by atoms with Crippen molar-refractivity contribution in [2.75, 3.05) is 25.1 Å². The van der Waals surface area contributed by atoms with Gasteiger partial charge in [0.25, 0.3) is 0 Å². The van der Waals surface area contributed by atoms with E-state index in [0.717, 1.165) is 31.9 Å². The molecule has 18 heavy (non-hydrogen) atoms. The predicted molar refractivity (Wildman–Crippen MR) is 73.8 cm³/mol. The van der Waals surface area contributed by atoms with Crippen molar-refractivity contribution < 1.29 is 4.74 Å². The van der Waals surface area contributed by atoms with Gasteiger partial charge in [0.15, 0.2) is 0 Å². The highest BCUT2D eigenvalue weighted by Gasteiger charge is 2.26. The van der Waals surface area contributed by atoms with Crippen molar-refractivity contribution in [2.24, 2.45) is 0 Å². The summed E-state index contributed by atoms with van der Waals surface area (Å²) in [5.41, 5.74) is 1.27. The Morgan fingerprint density at radius 2 is 2.39 bits per heavy atom. The molecule has 1 N–H and O–H groups in total. The average Bonchev–Trinajstić information content (AvgIpc) is 2.39. The molecular formula is C14H23N3O. The molecule has 1 saturated heterocycles. The third-order valence-corrected chi connectivity index (χ3v) is 3.42. The van der Waals surface area contributed by atoms with Crippen LogP contribution < -0.4 is 10.2 Å². The Morgan fingerprint density at radius 1 is 1.56 bits per heavy atom. The monoisotopic (exact) mass is 249 g/mol. The zero-order valence-corrected chi connectivity index (χ0v) is 11.5. The molecule has 0 amide bonds. The molecule has 1 aliphatic heterocycles. The zero-order valence-electron chi connectivity index (χ0n) is 11.5. The van der Waals surface area contributed by atoms with Gasteiger partial charge in [0.2, 0.25) is 0 Å². The molecule has 4 heteroatoms. The summed E-state index contributed by atoms with van der Waals surface area (Å²) >= 11 is 0. The van der Waals surface area contributed by atoms with Gasteiger partial charge in [-0.2, -0.15) is 0 Å². The van der Waals surface area contributed by atoms with E-state index in [4.69, 9.17) is 4.74 Å². The van der Waals surface area contributed by atoms with Crippen molar-refractivity contribution in [2.45, 2.75) is 39.0 Å². The first-order chi connectivity index (χ1) is 8.74. The second-order valence-corrected chi connectivity index (χ2v) is 4.91. The van der Waals surface area contributed by atoms with Gasteiger partial charge in [0.1, 0.15) is 5.82 Å². The summed E-state index contributed by atoms with van der Waals surface area (Å²) in [6.45, 7) is 6.93. The fraction of sp³-hybridized carbons (Fsp3) is 0.643. The van der Waals surface area contributed by atoms with E-state index in [1.54, 1.807) is 0 Å². The molecule has 100 valence electrons. The minimum Gasteiger partial charge on any atom is -0.375 e. The van der Waals surface area contributed by atoms with Gasteiger partial charge in [-0.15, -0.1) is 0 Å². The number of pyridine rings is 1. The Labute approximate surface area is 109 Å². The third kappa shape index (κ3) is 3.00. The molecule has 4 nitrogen and oxygen atoms in total.